The lowest BCUT2D eigenvalue weighted by Crippen LogP contribution is -2.13. The summed E-state index contributed by atoms with van der Waals surface area (Å²) in [4.78, 5) is 23.6. The van der Waals surface area contributed by atoms with Gasteiger partial charge in [0.15, 0.2) is 0 Å². The summed E-state index contributed by atoms with van der Waals surface area (Å²) < 4.78 is 0. The van der Waals surface area contributed by atoms with Crippen LogP contribution in [0.2, 0.25) is 0 Å². The van der Waals surface area contributed by atoms with Gasteiger partial charge < -0.3 is 4.98 Å². The van der Waals surface area contributed by atoms with Crippen molar-refractivity contribution < 1.29 is 4.79 Å². The van der Waals surface area contributed by atoms with Gasteiger partial charge in [0, 0.05) is 0 Å². The molecular formula is C7H3ClN2O2. The van der Waals surface area contributed by atoms with Crippen LogP contribution in [-0.2, 0) is 0 Å². The molecule has 0 unspecified atom stereocenters. The van der Waals surface area contributed by atoms with E-state index in [2.05, 4.69) is 4.98 Å². The van der Waals surface area contributed by atoms with Crippen LogP contribution in [0.15, 0.2) is 16.9 Å². The third-order valence-corrected chi connectivity index (χ3v) is 1.45. The van der Waals surface area contributed by atoms with Crippen molar-refractivity contribution in [3.63, 3.8) is 0 Å². The summed E-state index contributed by atoms with van der Waals surface area (Å²) >= 11 is 5.08. The standard InChI is InChI=1S/C7H3ClN2O2/c8-6(11)5-2-1-4(3-9)7(12)10-5/h1-2H,(H,10,12). The highest BCUT2D eigenvalue weighted by molar-refractivity contribution is 6.67. The molecule has 4 nitrogen and oxygen atoms in total. The summed E-state index contributed by atoms with van der Waals surface area (Å²) in [7, 11) is 0. The van der Waals surface area contributed by atoms with E-state index in [4.69, 9.17) is 16.9 Å². The van der Waals surface area contributed by atoms with Crippen LogP contribution in [0.5, 0.6) is 0 Å². The number of halogens is 1. The average Bonchev–Trinajstić information content (AvgIpc) is 2.04. The predicted octanol–water partition coefficient (Wildman–Crippen LogP) is 0.626. The van der Waals surface area contributed by atoms with Gasteiger partial charge in [0.1, 0.15) is 17.3 Å². The van der Waals surface area contributed by atoms with Crippen molar-refractivity contribution >= 4 is 16.8 Å². The Hall–Kier alpha value is -1.60. The van der Waals surface area contributed by atoms with E-state index in [9.17, 15) is 9.59 Å². The number of rotatable bonds is 1. The van der Waals surface area contributed by atoms with Gasteiger partial charge in [0.05, 0.1) is 0 Å². The van der Waals surface area contributed by atoms with Crippen molar-refractivity contribution in [2.24, 2.45) is 0 Å². The number of nitrogens with zero attached hydrogens (tertiary/aromatic N) is 1. The molecule has 0 atom stereocenters. The summed E-state index contributed by atoms with van der Waals surface area (Å²) in [5.41, 5.74) is -0.665. The van der Waals surface area contributed by atoms with Gasteiger partial charge in [0.25, 0.3) is 10.8 Å². The second-order valence-electron chi connectivity index (χ2n) is 2.00. The fraction of sp³-hybridized carbons (Fsp3) is 0. The predicted molar refractivity (Wildman–Crippen MR) is 42.0 cm³/mol. The molecule has 0 saturated carbocycles. The van der Waals surface area contributed by atoms with Crippen LogP contribution in [0.4, 0.5) is 0 Å². The molecule has 0 fully saturated rings. The normalized spacial score (nSPS) is 9.00. The zero-order chi connectivity index (χ0) is 9.14. The quantitative estimate of drug-likeness (QED) is 0.648. The molecule has 0 amide bonds. The minimum atomic E-state index is -0.753. The third-order valence-electron chi connectivity index (χ3n) is 1.24. The average molecular weight is 183 g/mol. The summed E-state index contributed by atoms with van der Waals surface area (Å²) in [5, 5.41) is 7.61. The molecule has 0 spiro atoms. The van der Waals surface area contributed by atoms with Crippen LogP contribution >= 0.6 is 11.6 Å². The van der Waals surface area contributed by atoms with Gasteiger partial charge in [-0.25, -0.2) is 0 Å². The van der Waals surface area contributed by atoms with Crippen LogP contribution < -0.4 is 5.56 Å². The minimum absolute atomic E-state index is 0.0133. The Morgan fingerprint density at radius 1 is 1.58 bits per heavy atom. The maximum absolute atomic E-state index is 10.9. The van der Waals surface area contributed by atoms with Crippen LogP contribution in [0.1, 0.15) is 16.1 Å². The lowest BCUT2D eigenvalue weighted by Gasteiger charge is -1.91. The number of H-pyrrole nitrogens is 1. The molecule has 1 aromatic heterocycles. The largest absolute Gasteiger partial charge is 0.317 e. The number of hydrogen-bond acceptors (Lipinski definition) is 3. The molecule has 1 heterocycles. The van der Waals surface area contributed by atoms with Crippen molar-refractivity contribution in [1.29, 1.82) is 5.26 Å². The summed E-state index contributed by atoms with van der Waals surface area (Å²) in [6, 6.07) is 4.19. The monoisotopic (exact) mass is 182 g/mol. The van der Waals surface area contributed by atoms with E-state index in [1.807, 2.05) is 0 Å². The van der Waals surface area contributed by atoms with Crippen LogP contribution in [0.3, 0.4) is 0 Å². The first kappa shape index (κ1) is 8.50. The van der Waals surface area contributed by atoms with Gasteiger partial charge in [-0.15, -0.1) is 0 Å². The number of nitriles is 1. The topological polar surface area (TPSA) is 73.7 Å². The van der Waals surface area contributed by atoms with Crippen molar-refractivity contribution in [2.45, 2.75) is 0 Å². The molecule has 0 aliphatic carbocycles. The first-order chi connectivity index (χ1) is 5.65. The SMILES string of the molecule is N#Cc1ccc(C(=O)Cl)[nH]c1=O. The van der Waals surface area contributed by atoms with Crippen LogP contribution in [0, 0.1) is 11.3 Å². The summed E-state index contributed by atoms with van der Waals surface area (Å²) in [5.74, 6) is 0. The lowest BCUT2D eigenvalue weighted by atomic mass is 10.3. The van der Waals surface area contributed by atoms with Crippen molar-refractivity contribution in [3.05, 3.63) is 33.7 Å². The van der Waals surface area contributed by atoms with Crippen molar-refractivity contribution in [1.82, 2.24) is 4.98 Å². The molecule has 0 saturated heterocycles. The van der Waals surface area contributed by atoms with Gasteiger partial charge in [-0.05, 0) is 23.7 Å². The highest BCUT2D eigenvalue weighted by atomic mass is 35.5. The molecule has 1 aromatic rings. The molecule has 0 aromatic carbocycles. The van der Waals surface area contributed by atoms with E-state index >= 15 is 0 Å². The van der Waals surface area contributed by atoms with Gasteiger partial charge in [-0.1, -0.05) is 0 Å². The Morgan fingerprint density at radius 2 is 2.25 bits per heavy atom. The van der Waals surface area contributed by atoms with Gasteiger partial charge >= 0.3 is 0 Å². The molecule has 1 rings (SSSR count). The van der Waals surface area contributed by atoms with Crippen molar-refractivity contribution in [3.8, 4) is 6.07 Å². The Morgan fingerprint density at radius 3 is 2.67 bits per heavy atom. The minimum Gasteiger partial charge on any atom is -0.317 e. The number of carbonyl (C=O) groups is 1. The highest BCUT2D eigenvalue weighted by Gasteiger charge is 2.04. The smallest absolute Gasteiger partial charge is 0.268 e. The Bertz CT molecular complexity index is 416. The van der Waals surface area contributed by atoms with E-state index in [0.717, 1.165) is 0 Å². The van der Waals surface area contributed by atoms with Gasteiger partial charge in [-0.3, -0.25) is 9.59 Å². The Kier molecular flexibility index (Phi) is 2.26. The molecule has 5 heteroatoms. The van der Waals surface area contributed by atoms with Crippen molar-refractivity contribution in [2.75, 3.05) is 0 Å². The number of hydrogen-bond donors (Lipinski definition) is 1. The maximum Gasteiger partial charge on any atom is 0.268 e. The zero-order valence-electron chi connectivity index (χ0n) is 5.80. The van der Waals surface area contributed by atoms with E-state index < -0.39 is 10.8 Å². The molecule has 1 N–H and O–H groups in total. The summed E-state index contributed by atoms with van der Waals surface area (Å²) in [6.45, 7) is 0. The maximum atomic E-state index is 10.9. The van der Waals surface area contributed by atoms with Crippen LogP contribution in [0.25, 0.3) is 0 Å². The second kappa shape index (κ2) is 3.20. The molecule has 0 aliphatic heterocycles. The number of aromatic nitrogens is 1. The van der Waals surface area contributed by atoms with E-state index in [0.29, 0.717) is 0 Å². The fourth-order valence-corrected chi connectivity index (χ4v) is 0.787. The molecule has 12 heavy (non-hydrogen) atoms. The number of carbonyl (C=O) groups excluding carboxylic acids is 1. The molecule has 60 valence electrons. The number of pyridine rings is 1. The number of aromatic amines is 1. The number of nitrogens with one attached hydrogen (secondary N) is 1. The lowest BCUT2D eigenvalue weighted by molar-refractivity contribution is 0.107. The molecule has 0 bridgehead atoms. The third kappa shape index (κ3) is 1.52. The molecule has 0 radical (unpaired) electrons. The Balaban J connectivity index is 3.31. The van der Waals surface area contributed by atoms with E-state index in [1.165, 1.54) is 12.1 Å². The highest BCUT2D eigenvalue weighted by Crippen LogP contribution is 1.97. The van der Waals surface area contributed by atoms with Gasteiger partial charge in [0.2, 0.25) is 0 Å². The van der Waals surface area contributed by atoms with Crippen LogP contribution in [-0.4, -0.2) is 10.2 Å². The molecule has 0 aliphatic rings. The second-order valence-corrected chi connectivity index (χ2v) is 2.34. The first-order valence-electron chi connectivity index (χ1n) is 2.98. The molecular weight excluding hydrogens is 180 g/mol. The van der Waals surface area contributed by atoms with E-state index in [1.54, 1.807) is 6.07 Å². The fourth-order valence-electron chi connectivity index (χ4n) is 0.676. The van der Waals surface area contributed by atoms with Gasteiger partial charge in [-0.2, -0.15) is 5.26 Å². The Labute approximate surface area is 72.4 Å². The zero-order valence-corrected chi connectivity index (χ0v) is 6.55. The summed E-state index contributed by atoms with van der Waals surface area (Å²) in [6.07, 6.45) is 0. The first-order valence-corrected chi connectivity index (χ1v) is 3.36. The van der Waals surface area contributed by atoms with E-state index in [-0.39, 0.29) is 11.3 Å².